The molecule has 0 saturated heterocycles. The van der Waals surface area contributed by atoms with Crippen molar-refractivity contribution in [1.29, 1.82) is 0 Å². The van der Waals surface area contributed by atoms with Crippen LogP contribution in [-0.2, 0) is 4.74 Å². The second-order valence-electron chi connectivity index (χ2n) is 3.11. The van der Waals surface area contributed by atoms with Crippen molar-refractivity contribution in [3.8, 4) is 0 Å². The number of hydrogen-bond donors (Lipinski definition) is 0. The zero-order chi connectivity index (χ0) is 10.6. The number of anilines is 1. The highest BCUT2D eigenvalue weighted by atomic mass is 79.9. The number of aromatic nitrogens is 2. The lowest BCUT2D eigenvalue weighted by Gasteiger charge is -2.25. The smallest absolute Gasteiger partial charge is 0.133 e. The van der Waals surface area contributed by atoms with Gasteiger partial charge in [-0.25, -0.2) is 9.97 Å². The maximum atomic E-state index is 5.08. The summed E-state index contributed by atoms with van der Waals surface area (Å²) in [6, 6.07) is 2.17. The Morgan fingerprint density at radius 1 is 1.57 bits per heavy atom. The van der Waals surface area contributed by atoms with Gasteiger partial charge in [0, 0.05) is 20.2 Å². The second kappa shape index (κ2) is 5.26. The molecule has 1 aromatic heterocycles. The molecule has 0 aliphatic rings. The van der Waals surface area contributed by atoms with Crippen LogP contribution in [0.2, 0.25) is 0 Å². The van der Waals surface area contributed by atoms with Gasteiger partial charge in [0.25, 0.3) is 0 Å². The fourth-order valence-corrected chi connectivity index (χ4v) is 1.39. The molecule has 0 N–H and O–H groups in total. The number of likely N-dealkylation sites (N-methyl/N-ethyl adjacent to an activating group) is 1. The van der Waals surface area contributed by atoms with Gasteiger partial charge in [-0.15, -0.1) is 0 Å². The van der Waals surface area contributed by atoms with Gasteiger partial charge in [0.05, 0.1) is 12.6 Å². The number of hydrogen-bond acceptors (Lipinski definition) is 4. The first-order chi connectivity index (χ1) is 6.65. The predicted octanol–water partition coefficient (Wildman–Crippen LogP) is 1.71. The van der Waals surface area contributed by atoms with E-state index in [0.29, 0.717) is 12.6 Å². The van der Waals surface area contributed by atoms with Crippen molar-refractivity contribution in [2.75, 3.05) is 25.7 Å². The van der Waals surface area contributed by atoms with Crippen molar-refractivity contribution in [3.63, 3.8) is 0 Å². The van der Waals surface area contributed by atoms with Crippen LogP contribution in [0.15, 0.2) is 17.0 Å². The number of halogens is 1. The Bertz CT molecular complexity index is 295. The summed E-state index contributed by atoms with van der Waals surface area (Å²) in [6.45, 7) is 2.76. The molecular formula is C9H14BrN3O. The molecule has 0 amide bonds. The molecule has 78 valence electrons. The van der Waals surface area contributed by atoms with Crippen LogP contribution in [0.25, 0.3) is 0 Å². The van der Waals surface area contributed by atoms with Gasteiger partial charge in [0.15, 0.2) is 0 Å². The molecule has 0 spiro atoms. The first-order valence-electron chi connectivity index (χ1n) is 4.34. The van der Waals surface area contributed by atoms with Crippen molar-refractivity contribution in [2.24, 2.45) is 0 Å². The lowest BCUT2D eigenvalue weighted by molar-refractivity contribution is 0.183. The summed E-state index contributed by atoms with van der Waals surface area (Å²) in [5, 5.41) is 0. The Morgan fingerprint density at radius 3 is 2.86 bits per heavy atom. The number of methoxy groups -OCH3 is 1. The molecule has 4 nitrogen and oxygen atoms in total. The van der Waals surface area contributed by atoms with Crippen molar-refractivity contribution in [1.82, 2.24) is 9.97 Å². The fourth-order valence-electron chi connectivity index (χ4n) is 1.10. The molecule has 1 atom stereocenters. The van der Waals surface area contributed by atoms with Crippen LogP contribution in [0, 0.1) is 0 Å². The molecule has 0 aliphatic heterocycles. The van der Waals surface area contributed by atoms with Crippen LogP contribution in [-0.4, -0.2) is 36.8 Å². The normalized spacial score (nSPS) is 12.6. The molecule has 1 aromatic rings. The first-order valence-corrected chi connectivity index (χ1v) is 5.13. The van der Waals surface area contributed by atoms with E-state index in [-0.39, 0.29) is 0 Å². The molecule has 0 aromatic carbocycles. The minimum absolute atomic E-state index is 0.293. The van der Waals surface area contributed by atoms with Crippen molar-refractivity contribution in [3.05, 3.63) is 17.0 Å². The maximum absolute atomic E-state index is 5.08. The summed E-state index contributed by atoms with van der Waals surface area (Å²) in [6.07, 6.45) is 1.54. The minimum atomic E-state index is 0.293. The third-order valence-corrected chi connectivity index (χ3v) is 2.48. The topological polar surface area (TPSA) is 38.2 Å². The van der Waals surface area contributed by atoms with E-state index in [1.54, 1.807) is 7.11 Å². The Kier molecular flexibility index (Phi) is 4.28. The summed E-state index contributed by atoms with van der Waals surface area (Å²) in [7, 11) is 3.68. The Labute approximate surface area is 92.4 Å². The zero-order valence-electron chi connectivity index (χ0n) is 8.57. The molecule has 0 bridgehead atoms. The lowest BCUT2D eigenvalue weighted by Crippen LogP contribution is -2.33. The van der Waals surface area contributed by atoms with Crippen LogP contribution >= 0.6 is 15.9 Å². The lowest BCUT2D eigenvalue weighted by atomic mass is 10.3. The van der Waals surface area contributed by atoms with Crippen LogP contribution in [0.4, 0.5) is 5.82 Å². The Morgan fingerprint density at radius 2 is 2.29 bits per heavy atom. The van der Waals surface area contributed by atoms with E-state index in [2.05, 4.69) is 37.7 Å². The van der Waals surface area contributed by atoms with E-state index in [0.717, 1.165) is 10.4 Å². The van der Waals surface area contributed by atoms with Gasteiger partial charge in [0.2, 0.25) is 0 Å². The quantitative estimate of drug-likeness (QED) is 0.772. The van der Waals surface area contributed by atoms with Gasteiger partial charge >= 0.3 is 0 Å². The molecule has 0 aliphatic carbocycles. The largest absolute Gasteiger partial charge is 0.383 e. The molecule has 1 rings (SSSR count). The van der Waals surface area contributed by atoms with E-state index in [9.17, 15) is 0 Å². The summed E-state index contributed by atoms with van der Waals surface area (Å²) < 4.78 is 5.87. The van der Waals surface area contributed by atoms with Crippen LogP contribution in [0.1, 0.15) is 6.92 Å². The van der Waals surface area contributed by atoms with E-state index in [4.69, 9.17) is 4.74 Å². The predicted molar refractivity (Wildman–Crippen MR) is 59.5 cm³/mol. The van der Waals surface area contributed by atoms with E-state index in [1.807, 2.05) is 13.1 Å². The summed E-state index contributed by atoms with van der Waals surface area (Å²) in [5.74, 6) is 0.886. The van der Waals surface area contributed by atoms with Gasteiger partial charge in [-0.1, -0.05) is 0 Å². The Balaban J connectivity index is 2.73. The molecule has 1 heterocycles. The number of rotatable bonds is 4. The van der Waals surface area contributed by atoms with Crippen LogP contribution in [0.3, 0.4) is 0 Å². The molecule has 1 unspecified atom stereocenters. The van der Waals surface area contributed by atoms with Gasteiger partial charge < -0.3 is 9.64 Å². The highest BCUT2D eigenvalue weighted by molar-refractivity contribution is 9.10. The van der Waals surface area contributed by atoms with Crippen molar-refractivity contribution >= 4 is 21.7 Å². The van der Waals surface area contributed by atoms with Crippen molar-refractivity contribution < 1.29 is 4.74 Å². The van der Waals surface area contributed by atoms with E-state index in [1.165, 1.54) is 6.33 Å². The van der Waals surface area contributed by atoms with E-state index < -0.39 is 0 Å². The standard InChI is InChI=1S/C9H14BrN3O/c1-7(5-14-3)13(2)9-4-8(10)11-6-12-9/h4,6-7H,5H2,1-3H3. The first kappa shape index (κ1) is 11.4. The van der Waals surface area contributed by atoms with Gasteiger partial charge in [-0.05, 0) is 22.9 Å². The van der Waals surface area contributed by atoms with Crippen LogP contribution < -0.4 is 4.90 Å². The van der Waals surface area contributed by atoms with Gasteiger partial charge in [-0.3, -0.25) is 0 Å². The SMILES string of the molecule is COCC(C)N(C)c1cc(Br)ncn1. The van der Waals surface area contributed by atoms with E-state index >= 15 is 0 Å². The third-order valence-electron chi connectivity index (χ3n) is 2.05. The average molecular weight is 260 g/mol. The fraction of sp³-hybridized carbons (Fsp3) is 0.556. The highest BCUT2D eigenvalue weighted by Crippen LogP contribution is 2.15. The summed E-state index contributed by atoms with van der Waals surface area (Å²) >= 11 is 3.31. The van der Waals surface area contributed by atoms with Gasteiger partial charge in [-0.2, -0.15) is 0 Å². The molecule has 5 heteroatoms. The molecule has 0 radical (unpaired) electrons. The number of nitrogens with zero attached hydrogens (tertiary/aromatic N) is 3. The summed E-state index contributed by atoms with van der Waals surface area (Å²) in [5.41, 5.74) is 0. The zero-order valence-corrected chi connectivity index (χ0v) is 10.2. The average Bonchev–Trinajstić information content (AvgIpc) is 2.17. The molecule has 0 saturated carbocycles. The second-order valence-corrected chi connectivity index (χ2v) is 3.93. The maximum Gasteiger partial charge on any atom is 0.133 e. The highest BCUT2D eigenvalue weighted by Gasteiger charge is 2.10. The van der Waals surface area contributed by atoms with Crippen molar-refractivity contribution in [2.45, 2.75) is 13.0 Å². The monoisotopic (exact) mass is 259 g/mol. The van der Waals surface area contributed by atoms with Crippen LogP contribution in [0.5, 0.6) is 0 Å². The minimum Gasteiger partial charge on any atom is -0.383 e. The molecule has 14 heavy (non-hydrogen) atoms. The molecule has 0 fully saturated rings. The Hall–Kier alpha value is -0.680. The third kappa shape index (κ3) is 2.92. The molecular weight excluding hydrogens is 246 g/mol. The number of ether oxygens (including phenoxy) is 1. The van der Waals surface area contributed by atoms with Gasteiger partial charge in [0.1, 0.15) is 16.7 Å². The summed E-state index contributed by atoms with van der Waals surface area (Å²) in [4.78, 5) is 10.2.